The topological polar surface area (TPSA) is 29.9 Å². The summed E-state index contributed by atoms with van der Waals surface area (Å²) in [6.07, 6.45) is 0. The van der Waals surface area contributed by atoms with Gasteiger partial charge in [0.15, 0.2) is 0 Å². The molecule has 0 saturated heterocycles. The summed E-state index contributed by atoms with van der Waals surface area (Å²) in [5, 5.41) is 7.94. The van der Waals surface area contributed by atoms with Gasteiger partial charge in [0.1, 0.15) is 0 Å². The normalized spacial score (nSPS) is 11.1. The Morgan fingerprint density at radius 1 is 1.33 bits per heavy atom. The molecule has 18 heavy (non-hydrogen) atoms. The molecule has 0 bridgehead atoms. The van der Waals surface area contributed by atoms with E-state index in [1.165, 1.54) is 15.4 Å². The van der Waals surface area contributed by atoms with Crippen LogP contribution in [-0.4, -0.2) is 16.3 Å². The molecule has 0 fully saturated rings. The van der Waals surface area contributed by atoms with Crippen LogP contribution < -0.4 is 5.32 Å². The lowest BCUT2D eigenvalue weighted by atomic mass is 10.4. The van der Waals surface area contributed by atoms with E-state index in [0.717, 1.165) is 29.8 Å². The van der Waals surface area contributed by atoms with Gasteiger partial charge in [0.2, 0.25) is 0 Å². The molecule has 0 atom stereocenters. The fourth-order valence-electron chi connectivity index (χ4n) is 1.87. The maximum atomic E-state index is 4.49. The number of aromatic nitrogens is 2. The number of aryl methyl sites for hydroxylation is 2. The lowest BCUT2D eigenvalue weighted by molar-refractivity contribution is 0.544. The number of halogens is 1. The number of hydrogen-bond acceptors (Lipinski definition) is 3. The highest BCUT2D eigenvalue weighted by atomic mass is 79.9. The highest BCUT2D eigenvalue weighted by Gasteiger charge is 2.07. The van der Waals surface area contributed by atoms with Crippen molar-refractivity contribution in [2.24, 2.45) is 0 Å². The minimum atomic E-state index is 0.905. The fraction of sp³-hybridized carbons (Fsp3) is 0.462. The Balaban J connectivity index is 1.80. The van der Waals surface area contributed by atoms with Crippen molar-refractivity contribution in [1.29, 1.82) is 0 Å². The van der Waals surface area contributed by atoms with E-state index in [-0.39, 0.29) is 0 Å². The third kappa shape index (κ3) is 3.22. The largest absolute Gasteiger partial charge is 0.310 e. The van der Waals surface area contributed by atoms with Gasteiger partial charge in [-0.2, -0.15) is 5.10 Å². The molecule has 5 heteroatoms. The summed E-state index contributed by atoms with van der Waals surface area (Å²) in [6.45, 7) is 9.04. The predicted octanol–water partition coefficient (Wildman–Crippen LogP) is 3.42. The summed E-state index contributed by atoms with van der Waals surface area (Å²) in [7, 11) is 0. The number of rotatable bonds is 5. The first-order valence-corrected chi connectivity index (χ1v) is 7.64. The second-order valence-corrected chi connectivity index (χ2v) is 6.56. The van der Waals surface area contributed by atoms with Gasteiger partial charge in [-0.15, -0.1) is 11.3 Å². The average molecular weight is 328 g/mol. The molecule has 2 heterocycles. The number of nitrogens with one attached hydrogen (secondary N) is 1. The molecule has 2 rings (SSSR count). The van der Waals surface area contributed by atoms with E-state index >= 15 is 0 Å². The van der Waals surface area contributed by atoms with E-state index < -0.39 is 0 Å². The lowest BCUT2D eigenvalue weighted by Gasteiger charge is -2.05. The zero-order chi connectivity index (χ0) is 13.1. The van der Waals surface area contributed by atoms with Crippen LogP contribution in [0.25, 0.3) is 0 Å². The Bertz CT molecular complexity index is 530. The molecule has 0 aliphatic rings. The minimum absolute atomic E-state index is 0.905. The molecular formula is C13H18BrN3S. The quantitative estimate of drug-likeness (QED) is 0.853. The fourth-order valence-corrected chi connectivity index (χ4v) is 3.01. The first kappa shape index (κ1) is 13.8. The van der Waals surface area contributed by atoms with Crippen LogP contribution in [0.1, 0.15) is 21.1 Å². The third-order valence-electron chi connectivity index (χ3n) is 2.89. The molecule has 98 valence electrons. The number of hydrogen-bond donors (Lipinski definition) is 1. The molecular weight excluding hydrogens is 310 g/mol. The number of nitrogens with zero attached hydrogens (tertiary/aromatic N) is 2. The summed E-state index contributed by atoms with van der Waals surface area (Å²) >= 11 is 5.40. The van der Waals surface area contributed by atoms with E-state index in [0.29, 0.717) is 0 Å². The van der Waals surface area contributed by atoms with Crippen molar-refractivity contribution in [1.82, 2.24) is 15.1 Å². The standard InChI is InChI=1S/C13H18BrN3S/c1-9-4-5-12(18-9)8-15-6-7-17-11(3)13(14)10(2)16-17/h4-5,15H,6-8H2,1-3H3. The summed E-state index contributed by atoms with van der Waals surface area (Å²) in [5.41, 5.74) is 2.25. The van der Waals surface area contributed by atoms with E-state index in [9.17, 15) is 0 Å². The van der Waals surface area contributed by atoms with Crippen LogP contribution in [0.4, 0.5) is 0 Å². The molecule has 3 nitrogen and oxygen atoms in total. The smallest absolute Gasteiger partial charge is 0.0738 e. The Hall–Kier alpha value is -0.650. The molecule has 0 spiro atoms. The first-order chi connectivity index (χ1) is 8.58. The Kier molecular flexibility index (Phi) is 4.59. The monoisotopic (exact) mass is 327 g/mol. The lowest BCUT2D eigenvalue weighted by Crippen LogP contribution is -2.20. The zero-order valence-corrected chi connectivity index (χ0v) is 13.4. The Morgan fingerprint density at radius 3 is 2.67 bits per heavy atom. The van der Waals surface area contributed by atoms with Gasteiger partial charge in [-0.05, 0) is 48.8 Å². The third-order valence-corrected chi connectivity index (χ3v) is 5.04. The van der Waals surface area contributed by atoms with Crippen molar-refractivity contribution in [3.05, 3.63) is 37.7 Å². The molecule has 2 aromatic rings. The van der Waals surface area contributed by atoms with Crippen molar-refractivity contribution in [3.8, 4) is 0 Å². The maximum absolute atomic E-state index is 4.49. The van der Waals surface area contributed by atoms with Gasteiger partial charge in [-0.25, -0.2) is 0 Å². The van der Waals surface area contributed by atoms with E-state index in [1.807, 2.05) is 22.9 Å². The van der Waals surface area contributed by atoms with Crippen LogP contribution in [0.5, 0.6) is 0 Å². The van der Waals surface area contributed by atoms with Gasteiger partial charge in [0.05, 0.1) is 16.7 Å². The van der Waals surface area contributed by atoms with Crippen LogP contribution in [0, 0.1) is 20.8 Å². The van der Waals surface area contributed by atoms with E-state index in [4.69, 9.17) is 0 Å². The Labute approximate surface area is 120 Å². The molecule has 0 unspecified atom stereocenters. The molecule has 2 aromatic heterocycles. The minimum Gasteiger partial charge on any atom is -0.310 e. The van der Waals surface area contributed by atoms with Crippen LogP contribution >= 0.6 is 27.3 Å². The van der Waals surface area contributed by atoms with Crippen molar-refractivity contribution >= 4 is 27.3 Å². The molecule has 0 amide bonds. The highest BCUT2D eigenvalue weighted by molar-refractivity contribution is 9.10. The molecule has 0 aromatic carbocycles. The SMILES string of the molecule is Cc1ccc(CNCCn2nc(C)c(Br)c2C)s1. The van der Waals surface area contributed by atoms with Gasteiger partial charge in [0, 0.05) is 28.5 Å². The van der Waals surface area contributed by atoms with Crippen molar-refractivity contribution in [3.63, 3.8) is 0 Å². The van der Waals surface area contributed by atoms with E-state index in [2.05, 4.69) is 52.3 Å². The summed E-state index contributed by atoms with van der Waals surface area (Å²) in [4.78, 5) is 2.76. The van der Waals surface area contributed by atoms with Crippen LogP contribution in [0.2, 0.25) is 0 Å². The van der Waals surface area contributed by atoms with Gasteiger partial charge >= 0.3 is 0 Å². The predicted molar refractivity (Wildman–Crippen MR) is 80.2 cm³/mol. The first-order valence-electron chi connectivity index (χ1n) is 6.03. The van der Waals surface area contributed by atoms with Gasteiger partial charge in [0.25, 0.3) is 0 Å². The van der Waals surface area contributed by atoms with Crippen LogP contribution in [0.15, 0.2) is 16.6 Å². The Morgan fingerprint density at radius 2 is 2.11 bits per heavy atom. The van der Waals surface area contributed by atoms with Crippen LogP contribution in [-0.2, 0) is 13.1 Å². The average Bonchev–Trinajstić information content (AvgIpc) is 2.85. The van der Waals surface area contributed by atoms with Crippen molar-refractivity contribution in [2.75, 3.05) is 6.54 Å². The van der Waals surface area contributed by atoms with Gasteiger partial charge < -0.3 is 5.32 Å². The highest BCUT2D eigenvalue weighted by Crippen LogP contribution is 2.19. The molecule has 1 N–H and O–H groups in total. The maximum Gasteiger partial charge on any atom is 0.0738 e. The van der Waals surface area contributed by atoms with Crippen LogP contribution in [0.3, 0.4) is 0 Å². The van der Waals surface area contributed by atoms with Gasteiger partial charge in [-0.1, -0.05) is 0 Å². The summed E-state index contributed by atoms with van der Waals surface area (Å²) in [5.74, 6) is 0. The van der Waals surface area contributed by atoms with Crippen molar-refractivity contribution < 1.29 is 0 Å². The number of thiophene rings is 1. The van der Waals surface area contributed by atoms with Gasteiger partial charge in [-0.3, -0.25) is 4.68 Å². The van der Waals surface area contributed by atoms with E-state index in [1.54, 1.807) is 0 Å². The summed E-state index contributed by atoms with van der Waals surface area (Å²) < 4.78 is 3.17. The molecule has 0 aliphatic heterocycles. The molecule has 0 saturated carbocycles. The van der Waals surface area contributed by atoms with Crippen molar-refractivity contribution in [2.45, 2.75) is 33.9 Å². The second kappa shape index (κ2) is 5.99. The zero-order valence-electron chi connectivity index (χ0n) is 11.0. The molecule has 0 aliphatic carbocycles. The second-order valence-electron chi connectivity index (χ2n) is 4.40. The molecule has 0 radical (unpaired) electrons. The summed E-state index contributed by atoms with van der Waals surface area (Å²) in [6, 6.07) is 4.35.